The van der Waals surface area contributed by atoms with Gasteiger partial charge in [0.1, 0.15) is 5.69 Å². The summed E-state index contributed by atoms with van der Waals surface area (Å²) in [5.74, 6) is 0.277. The van der Waals surface area contributed by atoms with Gasteiger partial charge >= 0.3 is 0 Å². The fourth-order valence-electron chi connectivity index (χ4n) is 3.82. The van der Waals surface area contributed by atoms with E-state index in [-0.39, 0.29) is 11.9 Å². The average molecular weight is 360 g/mol. The molecule has 1 fully saturated rings. The van der Waals surface area contributed by atoms with Crippen LogP contribution in [0.5, 0.6) is 0 Å². The fourth-order valence-corrected chi connectivity index (χ4v) is 3.82. The third kappa shape index (κ3) is 3.64. The van der Waals surface area contributed by atoms with Gasteiger partial charge in [0.2, 0.25) is 0 Å². The Bertz CT molecular complexity index is 905. The molecular weight excluding hydrogens is 336 g/mol. The number of hydrogen-bond donors (Lipinski definition) is 2. The minimum absolute atomic E-state index is 0.0821. The highest BCUT2D eigenvalue weighted by molar-refractivity contribution is 6.00. The van der Waals surface area contributed by atoms with Crippen LogP contribution < -0.4 is 11.1 Å². The highest BCUT2D eigenvalue weighted by Gasteiger charge is 2.29. The summed E-state index contributed by atoms with van der Waals surface area (Å²) in [5, 5.41) is 7.92. The zero-order valence-corrected chi connectivity index (χ0v) is 15.2. The van der Waals surface area contributed by atoms with Crippen LogP contribution in [0.15, 0.2) is 66.9 Å². The van der Waals surface area contributed by atoms with Crippen molar-refractivity contribution in [2.75, 3.05) is 6.54 Å². The first kappa shape index (κ1) is 17.5. The second kappa shape index (κ2) is 7.76. The summed E-state index contributed by atoms with van der Waals surface area (Å²) in [4.78, 5) is 13.1. The molecule has 0 saturated heterocycles. The molecule has 1 heterocycles. The third-order valence-corrected chi connectivity index (χ3v) is 5.31. The van der Waals surface area contributed by atoms with Crippen molar-refractivity contribution in [3.63, 3.8) is 0 Å². The lowest BCUT2D eigenvalue weighted by Crippen LogP contribution is -2.39. The predicted molar refractivity (Wildman–Crippen MR) is 107 cm³/mol. The molecule has 138 valence electrons. The van der Waals surface area contributed by atoms with E-state index in [0.717, 1.165) is 30.5 Å². The number of amides is 1. The van der Waals surface area contributed by atoms with Gasteiger partial charge < -0.3 is 11.1 Å². The van der Waals surface area contributed by atoms with Crippen molar-refractivity contribution in [1.29, 1.82) is 0 Å². The molecule has 5 heteroatoms. The van der Waals surface area contributed by atoms with Gasteiger partial charge in [-0.25, -0.2) is 4.68 Å². The molecule has 0 radical (unpaired) electrons. The highest BCUT2D eigenvalue weighted by Crippen LogP contribution is 2.27. The Kier molecular flexibility index (Phi) is 5.03. The molecule has 27 heavy (non-hydrogen) atoms. The van der Waals surface area contributed by atoms with Crippen molar-refractivity contribution in [2.24, 2.45) is 11.7 Å². The highest BCUT2D eigenvalue weighted by atomic mass is 16.1. The number of aromatic nitrogens is 2. The van der Waals surface area contributed by atoms with E-state index in [1.54, 1.807) is 4.68 Å². The first-order chi connectivity index (χ1) is 13.3. The van der Waals surface area contributed by atoms with E-state index < -0.39 is 0 Å². The van der Waals surface area contributed by atoms with Crippen molar-refractivity contribution in [3.8, 4) is 16.9 Å². The van der Waals surface area contributed by atoms with E-state index in [4.69, 9.17) is 10.8 Å². The minimum atomic E-state index is -0.0821. The molecule has 1 aliphatic rings. The number of rotatable bonds is 5. The molecule has 1 saturated carbocycles. The first-order valence-electron chi connectivity index (χ1n) is 9.47. The van der Waals surface area contributed by atoms with Gasteiger partial charge in [-0.1, -0.05) is 55.0 Å². The molecule has 0 bridgehead atoms. The molecule has 1 aromatic heterocycles. The Labute approximate surface area is 159 Å². The molecule has 2 aromatic carbocycles. The van der Waals surface area contributed by atoms with Crippen molar-refractivity contribution < 1.29 is 4.79 Å². The Hall–Kier alpha value is -2.92. The van der Waals surface area contributed by atoms with Crippen LogP contribution in [0.3, 0.4) is 0 Å². The summed E-state index contributed by atoms with van der Waals surface area (Å²) in [6.45, 7) is 0.611. The van der Waals surface area contributed by atoms with Crippen LogP contribution >= 0.6 is 0 Å². The molecule has 3 aromatic rings. The average Bonchev–Trinajstić information content (AvgIpc) is 3.36. The molecular formula is C22H24N4O. The van der Waals surface area contributed by atoms with Gasteiger partial charge in [0.05, 0.1) is 11.3 Å². The van der Waals surface area contributed by atoms with E-state index in [1.807, 2.05) is 66.9 Å². The van der Waals surface area contributed by atoms with Crippen molar-refractivity contribution >= 4 is 5.91 Å². The van der Waals surface area contributed by atoms with E-state index >= 15 is 0 Å². The Morgan fingerprint density at radius 1 is 1.07 bits per heavy atom. The lowest BCUT2D eigenvalue weighted by molar-refractivity contribution is 0.0929. The molecule has 2 unspecified atom stereocenters. The quantitative estimate of drug-likeness (QED) is 0.732. The number of nitrogens with two attached hydrogens (primary N) is 1. The Balaban J connectivity index is 1.70. The summed E-state index contributed by atoms with van der Waals surface area (Å²) < 4.78 is 1.77. The standard InChI is InChI=1S/C22H24N4O/c23-14-17-10-7-13-20(17)24-22(27)19-15-26(18-11-5-2-6-12-18)25-21(19)16-8-3-1-4-9-16/h1-6,8-9,11-12,15,17,20H,7,10,13-14,23H2,(H,24,27). The molecule has 1 amide bonds. The smallest absolute Gasteiger partial charge is 0.255 e. The van der Waals surface area contributed by atoms with Crippen LogP contribution in [-0.2, 0) is 0 Å². The lowest BCUT2D eigenvalue weighted by Gasteiger charge is -2.19. The summed E-state index contributed by atoms with van der Waals surface area (Å²) >= 11 is 0. The monoisotopic (exact) mass is 360 g/mol. The van der Waals surface area contributed by atoms with E-state index in [0.29, 0.717) is 23.7 Å². The van der Waals surface area contributed by atoms with Crippen molar-refractivity contribution in [1.82, 2.24) is 15.1 Å². The molecule has 1 aliphatic carbocycles. The fraction of sp³-hybridized carbons (Fsp3) is 0.273. The summed E-state index contributed by atoms with van der Waals surface area (Å²) in [6.07, 6.45) is 5.00. The number of nitrogens with zero attached hydrogens (tertiary/aromatic N) is 2. The van der Waals surface area contributed by atoms with Crippen molar-refractivity contribution in [3.05, 3.63) is 72.4 Å². The van der Waals surface area contributed by atoms with Crippen LogP contribution in [-0.4, -0.2) is 28.3 Å². The van der Waals surface area contributed by atoms with Gasteiger partial charge in [0, 0.05) is 17.8 Å². The maximum Gasteiger partial charge on any atom is 0.255 e. The summed E-state index contributed by atoms with van der Waals surface area (Å²) in [6, 6.07) is 19.8. The summed E-state index contributed by atoms with van der Waals surface area (Å²) in [5.41, 5.74) is 9.01. The van der Waals surface area contributed by atoms with Crippen LogP contribution in [0.25, 0.3) is 16.9 Å². The Morgan fingerprint density at radius 2 is 1.78 bits per heavy atom. The second-order valence-corrected chi connectivity index (χ2v) is 7.04. The summed E-state index contributed by atoms with van der Waals surface area (Å²) in [7, 11) is 0. The largest absolute Gasteiger partial charge is 0.349 e. The molecule has 0 spiro atoms. The van der Waals surface area contributed by atoms with Gasteiger partial charge in [0.15, 0.2) is 0 Å². The normalized spacial score (nSPS) is 19.1. The topological polar surface area (TPSA) is 72.9 Å². The lowest BCUT2D eigenvalue weighted by atomic mass is 10.0. The first-order valence-corrected chi connectivity index (χ1v) is 9.47. The number of carbonyl (C=O) groups excluding carboxylic acids is 1. The zero-order valence-electron chi connectivity index (χ0n) is 15.2. The maximum atomic E-state index is 13.1. The van der Waals surface area contributed by atoms with E-state index in [9.17, 15) is 4.79 Å². The predicted octanol–water partition coefficient (Wildman–Crippen LogP) is 3.40. The minimum Gasteiger partial charge on any atom is -0.349 e. The SMILES string of the molecule is NCC1CCCC1NC(=O)c1cn(-c2ccccc2)nc1-c1ccccc1. The van der Waals surface area contributed by atoms with Gasteiger partial charge in [-0.2, -0.15) is 5.10 Å². The van der Waals surface area contributed by atoms with Gasteiger partial charge in [0.25, 0.3) is 5.91 Å². The van der Waals surface area contributed by atoms with E-state index in [1.165, 1.54) is 0 Å². The third-order valence-electron chi connectivity index (χ3n) is 5.31. The number of para-hydroxylation sites is 1. The zero-order chi connectivity index (χ0) is 18.6. The molecule has 0 aliphatic heterocycles. The van der Waals surface area contributed by atoms with E-state index in [2.05, 4.69) is 5.32 Å². The van der Waals surface area contributed by atoms with Gasteiger partial charge in [-0.3, -0.25) is 4.79 Å². The molecule has 4 rings (SSSR count). The number of hydrogen-bond acceptors (Lipinski definition) is 3. The number of nitrogens with one attached hydrogen (secondary N) is 1. The second-order valence-electron chi connectivity index (χ2n) is 7.04. The van der Waals surface area contributed by atoms with Crippen LogP contribution in [0.1, 0.15) is 29.6 Å². The van der Waals surface area contributed by atoms with Gasteiger partial charge in [-0.15, -0.1) is 0 Å². The van der Waals surface area contributed by atoms with Crippen LogP contribution in [0.2, 0.25) is 0 Å². The molecule has 5 nitrogen and oxygen atoms in total. The van der Waals surface area contributed by atoms with Crippen LogP contribution in [0, 0.1) is 5.92 Å². The number of carbonyl (C=O) groups is 1. The number of benzene rings is 2. The maximum absolute atomic E-state index is 13.1. The van der Waals surface area contributed by atoms with Crippen LogP contribution in [0.4, 0.5) is 0 Å². The molecule has 3 N–H and O–H groups in total. The Morgan fingerprint density at radius 3 is 2.48 bits per heavy atom. The van der Waals surface area contributed by atoms with Crippen molar-refractivity contribution in [2.45, 2.75) is 25.3 Å². The molecule has 2 atom stereocenters. The van der Waals surface area contributed by atoms with Gasteiger partial charge in [-0.05, 0) is 37.4 Å².